The van der Waals surface area contributed by atoms with Crippen LogP contribution in [-0.4, -0.2) is 26.9 Å². The normalized spacial score (nSPS) is 22.5. The molecule has 1 aliphatic carbocycles. The summed E-state index contributed by atoms with van der Waals surface area (Å²) in [7, 11) is 0. The van der Waals surface area contributed by atoms with Crippen LogP contribution in [0.5, 0.6) is 0 Å². The highest BCUT2D eigenvalue weighted by Gasteiger charge is 2.41. The van der Waals surface area contributed by atoms with Crippen molar-refractivity contribution < 1.29 is 14.1 Å². The number of hydrogen-bond donors (Lipinski definition) is 0. The second-order valence-corrected chi connectivity index (χ2v) is 10.3. The number of amides is 1. The van der Waals surface area contributed by atoms with Crippen molar-refractivity contribution in [2.45, 2.75) is 45.6 Å². The minimum atomic E-state index is -0.412. The third-order valence-electron chi connectivity index (χ3n) is 6.80. The number of carbonyl (C=O) groups is 1. The summed E-state index contributed by atoms with van der Waals surface area (Å²) >= 11 is 1.38. The fraction of sp³-hybridized carbons (Fsp3) is 0.286. The molecule has 7 nitrogen and oxygen atoms in total. The maximum atomic E-state index is 13.6. The van der Waals surface area contributed by atoms with E-state index in [0.29, 0.717) is 27.5 Å². The van der Waals surface area contributed by atoms with Crippen LogP contribution in [0.3, 0.4) is 0 Å². The van der Waals surface area contributed by atoms with Crippen LogP contribution in [-0.2, 0) is 4.79 Å². The van der Waals surface area contributed by atoms with E-state index in [0.717, 1.165) is 36.1 Å². The molecule has 2 atom stereocenters. The van der Waals surface area contributed by atoms with Gasteiger partial charge >= 0.3 is 0 Å². The molecular formula is C28H27N3O4S. The van der Waals surface area contributed by atoms with Gasteiger partial charge < -0.3 is 4.42 Å². The van der Waals surface area contributed by atoms with Crippen molar-refractivity contribution in [3.63, 3.8) is 0 Å². The van der Waals surface area contributed by atoms with Crippen LogP contribution in [0.25, 0.3) is 17.4 Å². The molecule has 2 aliphatic rings. The maximum Gasteiger partial charge on any atom is 0.269 e. The Morgan fingerprint density at radius 3 is 2.61 bits per heavy atom. The zero-order chi connectivity index (χ0) is 25.2. The lowest BCUT2D eigenvalue weighted by Crippen LogP contribution is -2.44. The van der Waals surface area contributed by atoms with Crippen molar-refractivity contribution in [1.82, 2.24) is 4.90 Å². The summed E-state index contributed by atoms with van der Waals surface area (Å²) < 4.78 is 6.05. The number of nitro groups is 1. The summed E-state index contributed by atoms with van der Waals surface area (Å²) in [5.41, 5.74) is 2.38. The molecule has 8 heteroatoms. The van der Waals surface area contributed by atoms with Gasteiger partial charge in [0.15, 0.2) is 5.17 Å². The van der Waals surface area contributed by atoms with E-state index in [-0.39, 0.29) is 17.6 Å². The van der Waals surface area contributed by atoms with Crippen molar-refractivity contribution in [1.29, 1.82) is 0 Å². The number of nitro benzene ring substituents is 1. The van der Waals surface area contributed by atoms with Crippen molar-refractivity contribution in [2.75, 3.05) is 0 Å². The van der Waals surface area contributed by atoms with Gasteiger partial charge in [-0.15, -0.1) is 0 Å². The lowest BCUT2D eigenvalue weighted by Gasteiger charge is -2.35. The van der Waals surface area contributed by atoms with Gasteiger partial charge in [-0.3, -0.25) is 19.8 Å². The predicted molar refractivity (Wildman–Crippen MR) is 143 cm³/mol. The van der Waals surface area contributed by atoms with Crippen LogP contribution in [0.4, 0.5) is 11.4 Å². The lowest BCUT2D eigenvalue weighted by molar-refractivity contribution is -0.384. The molecule has 2 fully saturated rings. The average molecular weight is 502 g/mol. The third-order valence-corrected chi connectivity index (χ3v) is 7.79. The molecule has 1 saturated carbocycles. The Labute approximate surface area is 214 Å². The Kier molecular flexibility index (Phi) is 6.78. The number of hydrogen-bond acceptors (Lipinski definition) is 6. The van der Waals surface area contributed by atoms with Crippen LogP contribution in [0.2, 0.25) is 0 Å². The Morgan fingerprint density at radius 1 is 1.11 bits per heavy atom. The van der Waals surface area contributed by atoms with Crippen LogP contribution in [0, 0.1) is 23.0 Å². The van der Waals surface area contributed by atoms with Gasteiger partial charge in [0.2, 0.25) is 0 Å². The van der Waals surface area contributed by atoms with Crippen molar-refractivity contribution in [3.05, 3.63) is 87.0 Å². The molecule has 0 radical (unpaired) electrons. The number of furan rings is 1. The molecule has 0 bridgehead atoms. The number of non-ortho nitro benzene ring substituents is 1. The quantitative estimate of drug-likeness (QED) is 0.207. The van der Waals surface area contributed by atoms with Crippen LogP contribution < -0.4 is 0 Å². The Balaban J connectivity index is 1.46. The summed E-state index contributed by atoms with van der Waals surface area (Å²) in [5.74, 6) is 1.51. The molecule has 0 spiro atoms. The minimum Gasteiger partial charge on any atom is -0.457 e. The first-order valence-corrected chi connectivity index (χ1v) is 12.9. The Bertz CT molecular complexity index is 1360. The number of benzene rings is 2. The molecule has 0 N–H and O–H groups in total. The van der Waals surface area contributed by atoms with E-state index in [1.807, 2.05) is 54.3 Å². The largest absolute Gasteiger partial charge is 0.457 e. The van der Waals surface area contributed by atoms with E-state index in [1.54, 1.807) is 12.1 Å². The first-order chi connectivity index (χ1) is 17.4. The molecule has 1 aromatic heterocycles. The van der Waals surface area contributed by atoms with Gasteiger partial charge in [-0.2, -0.15) is 0 Å². The average Bonchev–Trinajstić information content (AvgIpc) is 3.44. The molecule has 2 heterocycles. The summed E-state index contributed by atoms with van der Waals surface area (Å²) in [6.07, 6.45) is 6.15. The van der Waals surface area contributed by atoms with E-state index < -0.39 is 4.92 Å². The zero-order valence-corrected chi connectivity index (χ0v) is 21.0. The minimum absolute atomic E-state index is 0.0420. The number of para-hydroxylation sites is 1. The van der Waals surface area contributed by atoms with E-state index >= 15 is 0 Å². The first kappa shape index (κ1) is 24.1. The summed E-state index contributed by atoms with van der Waals surface area (Å²) in [4.78, 5) is 31.6. The van der Waals surface area contributed by atoms with Gasteiger partial charge in [0.05, 0.1) is 15.5 Å². The monoisotopic (exact) mass is 501 g/mol. The molecule has 184 valence electrons. The highest BCUT2D eigenvalue weighted by molar-refractivity contribution is 8.18. The van der Waals surface area contributed by atoms with Crippen LogP contribution >= 0.6 is 11.8 Å². The summed E-state index contributed by atoms with van der Waals surface area (Å²) in [6, 6.07) is 18.2. The van der Waals surface area contributed by atoms with Crippen LogP contribution in [0.1, 0.15) is 43.9 Å². The summed E-state index contributed by atoms with van der Waals surface area (Å²) in [5, 5.41) is 11.8. The van der Waals surface area contributed by atoms with Gasteiger partial charge in [0.1, 0.15) is 11.5 Å². The molecule has 3 aromatic rings. The molecule has 1 amide bonds. The molecular weight excluding hydrogens is 474 g/mol. The SMILES string of the molecule is Cc1cc([N+](=O)[O-])ccc1-c1ccc(/C=C2\SC(=Nc3ccccc3)N([C@H]3CCCC[C@H]3C)C2=O)o1. The van der Waals surface area contributed by atoms with Gasteiger partial charge in [-0.05, 0) is 73.3 Å². The number of rotatable bonds is 5. The highest BCUT2D eigenvalue weighted by Crippen LogP contribution is 2.40. The lowest BCUT2D eigenvalue weighted by atomic mass is 9.85. The first-order valence-electron chi connectivity index (χ1n) is 12.1. The van der Waals surface area contributed by atoms with Crippen molar-refractivity contribution in [3.8, 4) is 11.3 Å². The number of aryl methyl sites for hydroxylation is 1. The fourth-order valence-corrected chi connectivity index (χ4v) is 5.92. The molecule has 36 heavy (non-hydrogen) atoms. The van der Waals surface area contributed by atoms with Crippen molar-refractivity contribution in [2.24, 2.45) is 10.9 Å². The van der Waals surface area contributed by atoms with Crippen molar-refractivity contribution >= 4 is 40.3 Å². The topological polar surface area (TPSA) is 89.0 Å². The second kappa shape index (κ2) is 10.1. The fourth-order valence-electron chi connectivity index (χ4n) is 4.89. The zero-order valence-electron chi connectivity index (χ0n) is 20.2. The standard InChI is InChI=1S/C28H27N3O4S/c1-18-8-6-7-11-24(18)30-27(32)26(36-28(30)29-20-9-4-3-5-10-20)17-22-13-15-25(35-22)23-14-12-21(31(33)34)16-19(23)2/h3-5,9-10,12-18,24H,6-8,11H2,1-2H3/b26-17-,29-28?/t18-,24+/m1/s1. The number of thioether (sulfide) groups is 1. The molecule has 0 unspecified atom stereocenters. The van der Waals surface area contributed by atoms with Gasteiger partial charge in [0, 0.05) is 29.8 Å². The predicted octanol–water partition coefficient (Wildman–Crippen LogP) is 7.35. The molecule has 1 aliphatic heterocycles. The number of amidine groups is 1. The van der Waals surface area contributed by atoms with Gasteiger partial charge in [-0.1, -0.05) is 38.0 Å². The maximum absolute atomic E-state index is 13.6. The molecule has 2 aromatic carbocycles. The number of nitrogens with zero attached hydrogens (tertiary/aromatic N) is 3. The highest BCUT2D eigenvalue weighted by atomic mass is 32.2. The van der Waals surface area contributed by atoms with Gasteiger partial charge in [0.25, 0.3) is 11.6 Å². The van der Waals surface area contributed by atoms with E-state index in [9.17, 15) is 14.9 Å². The second-order valence-electron chi connectivity index (χ2n) is 9.30. The van der Waals surface area contributed by atoms with E-state index in [1.165, 1.54) is 30.3 Å². The third kappa shape index (κ3) is 4.86. The van der Waals surface area contributed by atoms with Gasteiger partial charge in [-0.25, -0.2) is 4.99 Å². The Hall–Kier alpha value is -3.65. The molecule has 1 saturated heterocycles. The van der Waals surface area contributed by atoms with Crippen LogP contribution in [0.15, 0.2) is 75.0 Å². The van der Waals surface area contributed by atoms with E-state index in [2.05, 4.69) is 6.92 Å². The molecule has 5 rings (SSSR count). The number of aliphatic imine (C=N–C) groups is 1. The summed E-state index contributed by atoms with van der Waals surface area (Å²) in [6.45, 7) is 4.03. The Morgan fingerprint density at radius 2 is 1.89 bits per heavy atom. The van der Waals surface area contributed by atoms with E-state index in [4.69, 9.17) is 9.41 Å². The number of carbonyl (C=O) groups excluding carboxylic acids is 1. The smallest absolute Gasteiger partial charge is 0.269 e.